The average Bonchev–Trinajstić information content (AvgIpc) is 2.97. The van der Waals surface area contributed by atoms with Crippen LogP contribution in [0.2, 0.25) is 0 Å². The third-order valence-electron chi connectivity index (χ3n) is 6.92. The van der Waals surface area contributed by atoms with E-state index in [1.165, 1.54) is 6.20 Å². The molecule has 2 atom stereocenters. The summed E-state index contributed by atoms with van der Waals surface area (Å²) < 4.78 is 23.0. The van der Waals surface area contributed by atoms with Gasteiger partial charge in [0.05, 0.1) is 29.1 Å². The van der Waals surface area contributed by atoms with Crippen molar-refractivity contribution in [3.63, 3.8) is 0 Å². The Balaban J connectivity index is 1.52. The lowest BCUT2D eigenvalue weighted by Gasteiger charge is -2.47. The van der Waals surface area contributed by atoms with E-state index in [1.54, 1.807) is 28.7 Å². The molecule has 0 radical (unpaired) electrons. The normalized spacial score (nSPS) is 16.7. The van der Waals surface area contributed by atoms with E-state index >= 15 is 0 Å². The topological polar surface area (TPSA) is 154 Å². The summed E-state index contributed by atoms with van der Waals surface area (Å²) in [6, 6.07) is 18.1. The van der Waals surface area contributed by atoms with Crippen molar-refractivity contribution in [1.82, 2.24) is 15.6 Å². The Morgan fingerprint density at radius 1 is 1.12 bits per heavy atom. The summed E-state index contributed by atoms with van der Waals surface area (Å²) in [5.74, 6) is -0.0692. The Hall–Kier alpha value is -3.66. The molecule has 0 saturated carbocycles. The second-order valence-electron chi connectivity index (χ2n) is 10.1. The maximum absolute atomic E-state index is 13.6. The van der Waals surface area contributed by atoms with Gasteiger partial charge in [0.2, 0.25) is 0 Å². The lowest BCUT2D eigenvalue weighted by Crippen LogP contribution is -2.48. The Bertz CT molecular complexity index is 1350. The molecule has 3 aromatic rings. The molecule has 4 rings (SSSR count). The SMILES string of the molecule is CCNc1cc(C(=O)N[C@@H](Cc2ccccc2)[C@H](O)CNCc2cncc(C#N)c2)cc(N2CCCCS2(O)O)c1. The molecule has 0 bridgehead atoms. The van der Waals surface area contributed by atoms with Crippen LogP contribution in [0, 0.1) is 11.3 Å². The van der Waals surface area contributed by atoms with Crippen molar-refractivity contribution < 1.29 is 19.0 Å². The van der Waals surface area contributed by atoms with E-state index in [1.807, 2.05) is 43.3 Å². The number of carbonyl (C=O) groups is 1. The maximum atomic E-state index is 13.6. The quantitative estimate of drug-likeness (QED) is 0.186. The highest BCUT2D eigenvalue weighted by Gasteiger charge is 2.28. The fraction of sp³-hybridized carbons (Fsp3) is 0.367. The number of benzene rings is 2. The van der Waals surface area contributed by atoms with Crippen LogP contribution >= 0.6 is 10.8 Å². The Kier molecular flexibility index (Phi) is 10.6. The van der Waals surface area contributed by atoms with Crippen LogP contribution in [0.15, 0.2) is 67.0 Å². The number of hydrogen-bond donors (Lipinski definition) is 6. The number of anilines is 2. The molecule has 1 amide bonds. The van der Waals surface area contributed by atoms with Gasteiger partial charge in [-0.2, -0.15) is 5.26 Å². The molecule has 2 heterocycles. The Morgan fingerprint density at radius 3 is 2.66 bits per heavy atom. The largest absolute Gasteiger partial charge is 0.390 e. The van der Waals surface area contributed by atoms with Crippen molar-refractivity contribution >= 4 is 28.1 Å². The second-order valence-corrected chi connectivity index (χ2v) is 12.2. The molecule has 2 aromatic carbocycles. The first kappa shape index (κ1) is 30.3. The zero-order chi connectivity index (χ0) is 29.2. The first-order chi connectivity index (χ1) is 19.8. The van der Waals surface area contributed by atoms with Crippen molar-refractivity contribution in [3.05, 3.63) is 89.2 Å². The van der Waals surface area contributed by atoms with Gasteiger partial charge in [0.15, 0.2) is 0 Å². The van der Waals surface area contributed by atoms with Crippen LogP contribution in [-0.2, 0) is 13.0 Å². The molecular weight excluding hydrogens is 540 g/mol. The van der Waals surface area contributed by atoms with E-state index in [-0.39, 0.29) is 12.5 Å². The summed E-state index contributed by atoms with van der Waals surface area (Å²) in [7, 11) is -2.96. The van der Waals surface area contributed by atoms with Gasteiger partial charge >= 0.3 is 0 Å². The number of hydrogen-bond acceptors (Lipinski definition) is 9. The number of aromatic nitrogens is 1. The van der Waals surface area contributed by atoms with E-state index in [4.69, 9.17) is 5.26 Å². The van der Waals surface area contributed by atoms with Crippen molar-refractivity contribution in [3.8, 4) is 6.07 Å². The van der Waals surface area contributed by atoms with Crippen molar-refractivity contribution in [2.45, 2.75) is 44.9 Å². The maximum Gasteiger partial charge on any atom is 0.251 e. The van der Waals surface area contributed by atoms with Gasteiger partial charge in [0.1, 0.15) is 6.07 Å². The van der Waals surface area contributed by atoms with Crippen LogP contribution in [0.4, 0.5) is 11.4 Å². The summed E-state index contributed by atoms with van der Waals surface area (Å²) in [6.07, 6.45) is 4.22. The number of nitriles is 1. The number of aliphatic hydroxyl groups excluding tert-OH is 1. The lowest BCUT2D eigenvalue weighted by molar-refractivity contribution is 0.0830. The Labute approximate surface area is 242 Å². The minimum absolute atomic E-state index is 0.200. The lowest BCUT2D eigenvalue weighted by atomic mass is 10.00. The molecule has 218 valence electrons. The zero-order valence-corrected chi connectivity index (χ0v) is 24.0. The fourth-order valence-corrected chi connectivity index (χ4v) is 6.53. The standard InChI is InChI=1S/C30H38N6O4S/c1-2-34-26-14-25(15-27(16-26)36-10-6-7-11-41(36,39)40)30(38)35-28(13-22-8-4-3-5-9-22)29(37)21-33-20-24-12-23(17-31)18-32-19-24/h3-5,8-9,12,14-16,18-19,28-29,33-34,37,39-40H,2,6-7,10-11,13,20-21H2,1H3,(H,35,38)/t28-,29+/m0/s1. The van der Waals surface area contributed by atoms with Crippen LogP contribution in [0.25, 0.3) is 0 Å². The average molecular weight is 579 g/mol. The number of aliphatic hydroxyl groups is 1. The number of nitrogens with one attached hydrogen (secondary N) is 3. The number of amides is 1. The molecule has 11 heteroatoms. The van der Waals surface area contributed by atoms with Crippen LogP contribution in [0.1, 0.15) is 46.8 Å². The van der Waals surface area contributed by atoms with Gasteiger partial charge in [0.25, 0.3) is 5.91 Å². The van der Waals surface area contributed by atoms with Crippen LogP contribution in [0.3, 0.4) is 0 Å². The summed E-state index contributed by atoms with van der Waals surface area (Å²) in [6.45, 7) is 3.68. The van der Waals surface area contributed by atoms with Gasteiger partial charge in [-0.1, -0.05) is 30.3 Å². The highest BCUT2D eigenvalue weighted by molar-refractivity contribution is 8.25. The van der Waals surface area contributed by atoms with Gasteiger partial charge < -0.3 is 21.1 Å². The van der Waals surface area contributed by atoms with Gasteiger partial charge in [-0.05, 0) is 61.6 Å². The highest BCUT2D eigenvalue weighted by atomic mass is 32.3. The molecule has 41 heavy (non-hydrogen) atoms. The van der Waals surface area contributed by atoms with E-state index < -0.39 is 22.9 Å². The van der Waals surface area contributed by atoms with Gasteiger partial charge in [-0.15, -0.1) is 10.8 Å². The predicted octanol–water partition coefficient (Wildman–Crippen LogP) is 4.14. The number of carbonyl (C=O) groups excluding carboxylic acids is 1. The molecule has 1 saturated heterocycles. The van der Waals surface area contributed by atoms with E-state index in [0.717, 1.165) is 24.0 Å². The third-order valence-corrected chi connectivity index (χ3v) is 8.85. The minimum Gasteiger partial charge on any atom is -0.390 e. The molecule has 10 nitrogen and oxygen atoms in total. The summed E-state index contributed by atoms with van der Waals surface area (Å²) >= 11 is 0. The van der Waals surface area contributed by atoms with Crippen LogP contribution in [-0.4, -0.2) is 62.6 Å². The predicted molar refractivity (Wildman–Crippen MR) is 163 cm³/mol. The third kappa shape index (κ3) is 8.42. The van der Waals surface area contributed by atoms with E-state index in [9.17, 15) is 19.0 Å². The molecule has 0 aliphatic carbocycles. The molecule has 1 fully saturated rings. The summed E-state index contributed by atoms with van der Waals surface area (Å²) in [5.41, 5.74) is 3.87. The van der Waals surface area contributed by atoms with E-state index in [2.05, 4.69) is 27.0 Å². The summed E-state index contributed by atoms with van der Waals surface area (Å²) in [4.78, 5) is 17.7. The monoisotopic (exact) mass is 578 g/mol. The smallest absolute Gasteiger partial charge is 0.251 e. The second kappa shape index (κ2) is 14.3. The molecule has 1 aliphatic heterocycles. The minimum atomic E-state index is -2.96. The van der Waals surface area contributed by atoms with Crippen LogP contribution < -0.4 is 20.3 Å². The molecular formula is C30H38N6O4S. The highest BCUT2D eigenvalue weighted by Crippen LogP contribution is 2.50. The van der Waals surface area contributed by atoms with Crippen molar-refractivity contribution in [2.24, 2.45) is 0 Å². The number of rotatable bonds is 12. The zero-order valence-electron chi connectivity index (χ0n) is 23.2. The van der Waals surface area contributed by atoms with Gasteiger partial charge in [-0.3, -0.25) is 23.2 Å². The number of pyridine rings is 1. The molecule has 1 aliphatic rings. The van der Waals surface area contributed by atoms with Crippen molar-refractivity contribution in [2.75, 3.05) is 35.0 Å². The van der Waals surface area contributed by atoms with Crippen molar-refractivity contribution in [1.29, 1.82) is 5.26 Å². The van der Waals surface area contributed by atoms with Gasteiger partial charge in [-0.25, -0.2) is 0 Å². The van der Waals surface area contributed by atoms with E-state index in [0.29, 0.717) is 54.3 Å². The number of nitrogens with zero attached hydrogens (tertiary/aromatic N) is 3. The molecule has 6 N–H and O–H groups in total. The molecule has 0 spiro atoms. The first-order valence-electron chi connectivity index (χ1n) is 13.8. The molecule has 0 unspecified atom stereocenters. The Morgan fingerprint density at radius 2 is 1.93 bits per heavy atom. The van der Waals surface area contributed by atoms with Crippen LogP contribution in [0.5, 0.6) is 0 Å². The first-order valence-corrected chi connectivity index (χ1v) is 15.5. The molecule has 1 aromatic heterocycles. The summed E-state index contributed by atoms with van der Waals surface area (Å²) in [5, 5.41) is 29.7. The fourth-order valence-electron chi connectivity index (χ4n) is 4.85. The van der Waals surface area contributed by atoms with Gasteiger partial charge in [0, 0.05) is 49.8 Å².